The molecule has 0 bridgehead atoms. The maximum absolute atomic E-state index is 14.4. The summed E-state index contributed by atoms with van der Waals surface area (Å²) in [6.07, 6.45) is 6.35. The number of carbonyl (C=O) groups excluding carboxylic acids is 2. The number of methoxy groups -OCH3 is 1. The molecule has 0 aliphatic heterocycles. The molecule has 1 atom stereocenters. The van der Waals surface area contributed by atoms with E-state index in [2.05, 4.69) is 5.32 Å². The lowest BCUT2D eigenvalue weighted by Gasteiger charge is -2.35. The number of amides is 2. The largest absolute Gasteiger partial charge is 0.497 e. The fourth-order valence-corrected chi connectivity index (χ4v) is 6.45. The lowest BCUT2D eigenvalue weighted by atomic mass is 9.94. The van der Waals surface area contributed by atoms with Crippen molar-refractivity contribution in [2.75, 3.05) is 30.8 Å². The molecule has 1 N–H and O–H groups in total. The number of ether oxygens (including phenoxy) is 2. The Morgan fingerprint density at radius 3 is 2.30 bits per heavy atom. The Labute approximate surface area is 261 Å². The zero-order valence-electron chi connectivity index (χ0n) is 25.8. The van der Waals surface area contributed by atoms with Crippen molar-refractivity contribution in [2.24, 2.45) is 0 Å². The number of hydrogen-bond acceptors (Lipinski definition) is 6. The number of benzene rings is 3. The monoisotopic (exact) mass is 621 g/mol. The third-order valence-corrected chi connectivity index (χ3v) is 8.95. The highest BCUT2D eigenvalue weighted by Crippen LogP contribution is 2.30. The van der Waals surface area contributed by atoms with Crippen molar-refractivity contribution >= 4 is 27.5 Å². The standard InChI is InChI=1S/C34H43N3O6S/c1-4-43-32-21-12-11-20-30(32)37(44(3,40)41)25-33(38)36(24-27-16-13-19-29(22-27)42-2)31(23-26-14-7-5-8-15-26)34(39)35-28-17-9-6-10-18-28/h5,7-8,11-16,19-22,28,31H,4,6,9-10,17-18,23-25H2,1-3H3,(H,35,39)/t31-/m0/s1. The van der Waals surface area contributed by atoms with E-state index < -0.39 is 28.5 Å². The second-order valence-electron chi connectivity index (χ2n) is 11.1. The summed E-state index contributed by atoms with van der Waals surface area (Å²) in [6, 6.07) is 22.7. The van der Waals surface area contributed by atoms with E-state index in [1.165, 1.54) is 4.90 Å². The Hall–Kier alpha value is -4.05. The predicted molar refractivity (Wildman–Crippen MR) is 172 cm³/mol. The molecule has 0 heterocycles. The van der Waals surface area contributed by atoms with Gasteiger partial charge < -0.3 is 19.7 Å². The van der Waals surface area contributed by atoms with Gasteiger partial charge in [0.05, 0.1) is 25.7 Å². The Kier molecular flexibility index (Phi) is 11.7. The fraction of sp³-hybridized carbons (Fsp3) is 0.412. The van der Waals surface area contributed by atoms with Gasteiger partial charge in [0, 0.05) is 19.0 Å². The van der Waals surface area contributed by atoms with E-state index >= 15 is 0 Å². The Balaban J connectivity index is 1.75. The quantitative estimate of drug-likeness (QED) is 0.273. The third-order valence-electron chi connectivity index (χ3n) is 7.82. The van der Waals surface area contributed by atoms with Crippen molar-refractivity contribution in [1.29, 1.82) is 0 Å². The van der Waals surface area contributed by atoms with Crippen LogP contribution in [0.2, 0.25) is 0 Å². The maximum atomic E-state index is 14.4. The van der Waals surface area contributed by atoms with Gasteiger partial charge >= 0.3 is 0 Å². The molecule has 10 heteroatoms. The average molecular weight is 622 g/mol. The summed E-state index contributed by atoms with van der Waals surface area (Å²) in [5.41, 5.74) is 1.90. The molecule has 0 aromatic heterocycles. The van der Waals surface area contributed by atoms with Crippen molar-refractivity contribution in [2.45, 2.75) is 64.1 Å². The first-order valence-electron chi connectivity index (χ1n) is 15.2. The normalized spacial score (nSPS) is 14.3. The zero-order chi connectivity index (χ0) is 31.5. The van der Waals surface area contributed by atoms with E-state index in [-0.39, 0.29) is 30.6 Å². The van der Waals surface area contributed by atoms with Crippen LogP contribution < -0.4 is 19.1 Å². The highest BCUT2D eigenvalue weighted by atomic mass is 32.2. The lowest BCUT2D eigenvalue weighted by molar-refractivity contribution is -0.140. The lowest BCUT2D eigenvalue weighted by Crippen LogP contribution is -2.55. The van der Waals surface area contributed by atoms with Gasteiger partial charge in [-0.2, -0.15) is 0 Å². The van der Waals surface area contributed by atoms with Crippen LogP contribution in [0.15, 0.2) is 78.9 Å². The zero-order valence-corrected chi connectivity index (χ0v) is 26.6. The van der Waals surface area contributed by atoms with Crippen LogP contribution in [0.4, 0.5) is 5.69 Å². The second kappa shape index (κ2) is 15.6. The van der Waals surface area contributed by atoms with E-state index in [0.717, 1.165) is 53.8 Å². The van der Waals surface area contributed by atoms with E-state index in [9.17, 15) is 18.0 Å². The number of hydrogen-bond donors (Lipinski definition) is 1. The van der Waals surface area contributed by atoms with Crippen LogP contribution >= 0.6 is 0 Å². The first kappa shape index (κ1) is 32.9. The summed E-state index contributed by atoms with van der Waals surface area (Å²) in [4.78, 5) is 30.0. The van der Waals surface area contributed by atoms with Crippen molar-refractivity contribution in [3.63, 3.8) is 0 Å². The topological polar surface area (TPSA) is 105 Å². The fourth-order valence-electron chi connectivity index (χ4n) is 5.60. The molecule has 0 unspecified atom stereocenters. The van der Waals surface area contributed by atoms with Crippen molar-refractivity contribution in [1.82, 2.24) is 10.2 Å². The number of sulfonamides is 1. The van der Waals surface area contributed by atoms with Gasteiger partial charge in [-0.05, 0) is 55.2 Å². The highest BCUT2D eigenvalue weighted by molar-refractivity contribution is 7.92. The van der Waals surface area contributed by atoms with E-state index in [1.807, 2.05) is 61.5 Å². The van der Waals surface area contributed by atoms with Crippen LogP contribution in [-0.2, 0) is 32.6 Å². The van der Waals surface area contributed by atoms with E-state index in [1.54, 1.807) is 31.4 Å². The number of rotatable bonds is 14. The molecule has 3 aromatic rings. The molecule has 4 rings (SSSR count). The molecule has 2 amide bonds. The maximum Gasteiger partial charge on any atom is 0.244 e. The summed E-state index contributed by atoms with van der Waals surface area (Å²) >= 11 is 0. The molecule has 236 valence electrons. The van der Waals surface area contributed by atoms with Crippen LogP contribution in [0.5, 0.6) is 11.5 Å². The molecule has 0 spiro atoms. The van der Waals surface area contributed by atoms with Gasteiger partial charge in [0.25, 0.3) is 0 Å². The molecule has 1 aliphatic carbocycles. The molecular weight excluding hydrogens is 578 g/mol. The molecular formula is C34H43N3O6S. The average Bonchev–Trinajstić information content (AvgIpc) is 3.02. The highest BCUT2D eigenvalue weighted by Gasteiger charge is 2.34. The van der Waals surface area contributed by atoms with Gasteiger partial charge in [-0.25, -0.2) is 8.42 Å². The Morgan fingerprint density at radius 2 is 1.61 bits per heavy atom. The number of anilines is 1. The molecule has 44 heavy (non-hydrogen) atoms. The number of nitrogens with one attached hydrogen (secondary N) is 1. The van der Waals surface area contributed by atoms with Gasteiger partial charge in [-0.15, -0.1) is 0 Å². The minimum atomic E-state index is -3.91. The molecule has 1 saturated carbocycles. The van der Waals surface area contributed by atoms with Crippen LogP contribution in [-0.4, -0.2) is 63.7 Å². The Morgan fingerprint density at radius 1 is 0.932 bits per heavy atom. The van der Waals surface area contributed by atoms with E-state index in [4.69, 9.17) is 9.47 Å². The Bertz CT molecular complexity index is 1490. The van der Waals surface area contributed by atoms with E-state index in [0.29, 0.717) is 18.1 Å². The van der Waals surface area contributed by atoms with Crippen molar-refractivity contribution in [3.05, 3.63) is 90.0 Å². The number of nitrogens with zero attached hydrogens (tertiary/aromatic N) is 2. The summed E-state index contributed by atoms with van der Waals surface area (Å²) in [6.45, 7) is 1.71. The van der Waals surface area contributed by atoms with Crippen molar-refractivity contribution in [3.8, 4) is 11.5 Å². The van der Waals surface area contributed by atoms with Crippen molar-refractivity contribution < 1.29 is 27.5 Å². The summed E-state index contributed by atoms with van der Waals surface area (Å²) in [5.74, 6) is 0.204. The summed E-state index contributed by atoms with van der Waals surface area (Å²) in [7, 11) is -2.35. The minimum absolute atomic E-state index is 0.0360. The summed E-state index contributed by atoms with van der Waals surface area (Å²) < 4.78 is 38.5. The van der Waals surface area contributed by atoms with Gasteiger partial charge in [-0.3, -0.25) is 13.9 Å². The number of carbonyl (C=O) groups is 2. The van der Waals surface area contributed by atoms with Crippen LogP contribution in [0.3, 0.4) is 0 Å². The predicted octanol–water partition coefficient (Wildman–Crippen LogP) is 4.95. The SMILES string of the molecule is CCOc1ccccc1N(CC(=O)N(Cc1cccc(OC)c1)[C@@H](Cc1ccccc1)C(=O)NC1CCCCC1)S(C)(=O)=O. The smallest absolute Gasteiger partial charge is 0.244 e. The van der Waals surface area contributed by atoms with Gasteiger partial charge in [0.2, 0.25) is 21.8 Å². The summed E-state index contributed by atoms with van der Waals surface area (Å²) in [5, 5.41) is 3.21. The van der Waals surface area contributed by atoms with Gasteiger partial charge in [0.15, 0.2) is 0 Å². The molecule has 0 radical (unpaired) electrons. The molecule has 9 nitrogen and oxygen atoms in total. The van der Waals surface area contributed by atoms with Crippen LogP contribution in [0, 0.1) is 0 Å². The molecule has 1 fully saturated rings. The minimum Gasteiger partial charge on any atom is -0.497 e. The third kappa shape index (κ3) is 8.98. The van der Waals surface area contributed by atoms with Gasteiger partial charge in [-0.1, -0.05) is 73.9 Å². The molecule has 1 aliphatic rings. The molecule has 0 saturated heterocycles. The van der Waals surface area contributed by atoms with Crippen LogP contribution in [0.1, 0.15) is 50.2 Å². The molecule has 3 aromatic carbocycles. The van der Waals surface area contributed by atoms with Crippen LogP contribution in [0.25, 0.3) is 0 Å². The number of para-hydroxylation sites is 2. The first-order chi connectivity index (χ1) is 21.2. The van der Waals surface area contributed by atoms with Gasteiger partial charge in [0.1, 0.15) is 24.1 Å². The first-order valence-corrected chi connectivity index (χ1v) is 17.0. The second-order valence-corrected chi connectivity index (χ2v) is 13.0.